The number of hydrogen-bond acceptors (Lipinski definition) is 1. The Morgan fingerprint density at radius 2 is 2.00 bits per heavy atom. The summed E-state index contributed by atoms with van der Waals surface area (Å²) in [4.78, 5) is 10.5. The lowest BCUT2D eigenvalue weighted by Gasteiger charge is -2.33. The Morgan fingerprint density at radius 1 is 1.33 bits per heavy atom. The first-order valence-corrected chi connectivity index (χ1v) is 6.90. The van der Waals surface area contributed by atoms with E-state index in [0.717, 1.165) is 24.0 Å². The van der Waals surface area contributed by atoms with E-state index in [1.54, 1.807) is 0 Å². The number of aryl methyl sites for hydroxylation is 1. The van der Waals surface area contributed by atoms with Gasteiger partial charge in [-0.2, -0.15) is 0 Å². The molecule has 1 aliphatic rings. The first-order chi connectivity index (χ1) is 8.51. The van der Waals surface area contributed by atoms with Crippen molar-refractivity contribution in [2.75, 3.05) is 0 Å². The van der Waals surface area contributed by atoms with Gasteiger partial charge in [-0.05, 0) is 36.5 Å². The lowest BCUT2D eigenvalue weighted by atomic mass is 9.81. The zero-order valence-electron chi connectivity index (χ0n) is 10.7. The average Bonchev–Trinajstić information content (AvgIpc) is 2.28. The third kappa shape index (κ3) is 2.86. The minimum atomic E-state index is -0.791. The summed E-state index contributed by atoms with van der Waals surface area (Å²) in [7, 11) is 0. The largest absolute Gasteiger partial charge is 0.481 e. The third-order valence-electron chi connectivity index (χ3n) is 3.77. The number of halogens is 1. The topological polar surface area (TPSA) is 37.3 Å². The third-order valence-corrected chi connectivity index (χ3v) is 4.36. The highest BCUT2D eigenvalue weighted by atomic mass is 35.5. The molecule has 1 fully saturated rings. The number of carbonyl (C=O) groups is 1. The summed E-state index contributed by atoms with van der Waals surface area (Å²) in [6.45, 7) is 2.03. The molecule has 0 amide bonds. The number of benzene rings is 1. The van der Waals surface area contributed by atoms with Crippen LogP contribution in [0.15, 0.2) is 18.2 Å². The fourth-order valence-electron chi connectivity index (χ4n) is 2.89. The van der Waals surface area contributed by atoms with Crippen molar-refractivity contribution in [1.29, 1.82) is 0 Å². The van der Waals surface area contributed by atoms with Gasteiger partial charge in [0.25, 0.3) is 0 Å². The molecule has 0 heterocycles. The maximum atomic E-state index is 10.7. The number of carboxylic acid groups (broad SMARTS) is 1. The van der Waals surface area contributed by atoms with Gasteiger partial charge < -0.3 is 5.11 Å². The standard InChI is InChI=1S/C15H19ClO2/c1-11-9-12(10-14(17)18)5-6-13(11)15(16)7-3-2-4-8-15/h5-6,9H,2-4,7-8,10H2,1H3,(H,17,18). The predicted octanol–water partition coefficient (Wildman–Crippen LogP) is 4.02. The number of aliphatic carboxylic acids is 1. The summed E-state index contributed by atoms with van der Waals surface area (Å²) < 4.78 is 0. The second-order valence-electron chi connectivity index (χ2n) is 5.25. The van der Waals surface area contributed by atoms with Gasteiger partial charge in [0, 0.05) is 0 Å². The molecule has 1 aliphatic carbocycles. The molecular formula is C15H19ClO2. The van der Waals surface area contributed by atoms with Crippen LogP contribution in [-0.2, 0) is 16.1 Å². The van der Waals surface area contributed by atoms with E-state index in [-0.39, 0.29) is 11.3 Å². The van der Waals surface area contributed by atoms with Crippen molar-refractivity contribution in [1.82, 2.24) is 0 Å². The molecule has 0 aromatic heterocycles. The maximum absolute atomic E-state index is 10.7. The van der Waals surface area contributed by atoms with Crippen molar-refractivity contribution in [3.63, 3.8) is 0 Å². The van der Waals surface area contributed by atoms with Crippen LogP contribution in [-0.4, -0.2) is 11.1 Å². The average molecular weight is 267 g/mol. The van der Waals surface area contributed by atoms with Crippen LogP contribution in [0.3, 0.4) is 0 Å². The second kappa shape index (κ2) is 5.31. The van der Waals surface area contributed by atoms with E-state index in [1.165, 1.54) is 24.8 Å². The fraction of sp³-hybridized carbons (Fsp3) is 0.533. The quantitative estimate of drug-likeness (QED) is 0.839. The lowest BCUT2D eigenvalue weighted by Crippen LogP contribution is -2.23. The van der Waals surface area contributed by atoms with E-state index in [4.69, 9.17) is 16.7 Å². The van der Waals surface area contributed by atoms with Gasteiger partial charge in [0.2, 0.25) is 0 Å². The zero-order valence-corrected chi connectivity index (χ0v) is 11.5. The van der Waals surface area contributed by atoms with E-state index >= 15 is 0 Å². The van der Waals surface area contributed by atoms with Crippen LogP contribution < -0.4 is 0 Å². The Labute approximate surface area is 113 Å². The van der Waals surface area contributed by atoms with E-state index in [0.29, 0.717) is 0 Å². The highest BCUT2D eigenvalue weighted by Crippen LogP contribution is 2.44. The summed E-state index contributed by atoms with van der Waals surface area (Å²) in [5.41, 5.74) is 3.14. The Hall–Kier alpha value is -1.02. The molecule has 98 valence electrons. The molecule has 2 rings (SSSR count). The van der Waals surface area contributed by atoms with Crippen molar-refractivity contribution >= 4 is 17.6 Å². The van der Waals surface area contributed by atoms with Crippen LogP contribution in [0.4, 0.5) is 0 Å². The molecule has 0 spiro atoms. The highest BCUT2D eigenvalue weighted by molar-refractivity contribution is 6.24. The Kier molecular flexibility index (Phi) is 3.96. The molecule has 18 heavy (non-hydrogen) atoms. The molecule has 0 unspecified atom stereocenters. The number of alkyl halides is 1. The first-order valence-electron chi connectivity index (χ1n) is 6.52. The predicted molar refractivity (Wildman–Crippen MR) is 73.1 cm³/mol. The smallest absolute Gasteiger partial charge is 0.307 e. The summed E-state index contributed by atoms with van der Waals surface area (Å²) >= 11 is 6.75. The van der Waals surface area contributed by atoms with E-state index in [9.17, 15) is 4.79 Å². The molecule has 3 heteroatoms. The van der Waals surface area contributed by atoms with Gasteiger partial charge in [0.15, 0.2) is 0 Å². The van der Waals surface area contributed by atoms with Gasteiger partial charge in [-0.3, -0.25) is 4.79 Å². The molecule has 1 aromatic rings. The monoisotopic (exact) mass is 266 g/mol. The Morgan fingerprint density at radius 3 is 2.56 bits per heavy atom. The Balaban J connectivity index is 2.26. The van der Waals surface area contributed by atoms with E-state index in [1.807, 2.05) is 25.1 Å². The van der Waals surface area contributed by atoms with Gasteiger partial charge >= 0.3 is 5.97 Å². The molecule has 1 aromatic carbocycles. The number of hydrogen-bond donors (Lipinski definition) is 1. The normalized spacial score (nSPS) is 18.6. The molecule has 2 nitrogen and oxygen atoms in total. The van der Waals surface area contributed by atoms with Crippen molar-refractivity contribution in [3.05, 3.63) is 34.9 Å². The Bertz CT molecular complexity index is 448. The number of carboxylic acids is 1. The second-order valence-corrected chi connectivity index (χ2v) is 5.97. The summed E-state index contributed by atoms with van der Waals surface area (Å²) in [6.07, 6.45) is 5.75. The van der Waals surface area contributed by atoms with E-state index < -0.39 is 5.97 Å². The van der Waals surface area contributed by atoms with Crippen molar-refractivity contribution in [2.45, 2.75) is 50.3 Å². The number of rotatable bonds is 3. The van der Waals surface area contributed by atoms with Crippen molar-refractivity contribution < 1.29 is 9.90 Å². The zero-order chi connectivity index (χ0) is 13.2. The molecule has 0 aliphatic heterocycles. The highest BCUT2D eigenvalue weighted by Gasteiger charge is 2.32. The molecule has 1 N–H and O–H groups in total. The van der Waals surface area contributed by atoms with Gasteiger partial charge in [0.1, 0.15) is 0 Å². The van der Waals surface area contributed by atoms with Crippen LogP contribution in [0.25, 0.3) is 0 Å². The van der Waals surface area contributed by atoms with Crippen LogP contribution in [0, 0.1) is 6.92 Å². The van der Waals surface area contributed by atoms with Crippen LogP contribution in [0.5, 0.6) is 0 Å². The van der Waals surface area contributed by atoms with Crippen molar-refractivity contribution in [3.8, 4) is 0 Å². The minimum Gasteiger partial charge on any atom is -0.481 e. The molecule has 0 radical (unpaired) electrons. The van der Waals surface area contributed by atoms with Gasteiger partial charge in [-0.25, -0.2) is 0 Å². The van der Waals surface area contributed by atoms with Gasteiger partial charge in [-0.15, -0.1) is 11.6 Å². The molecule has 0 saturated heterocycles. The maximum Gasteiger partial charge on any atom is 0.307 e. The molecule has 0 atom stereocenters. The molecule has 0 bridgehead atoms. The molecular weight excluding hydrogens is 248 g/mol. The van der Waals surface area contributed by atoms with Crippen LogP contribution >= 0.6 is 11.6 Å². The van der Waals surface area contributed by atoms with Gasteiger partial charge in [-0.1, -0.05) is 37.5 Å². The summed E-state index contributed by atoms with van der Waals surface area (Å²) in [5.74, 6) is -0.791. The van der Waals surface area contributed by atoms with Crippen molar-refractivity contribution in [2.24, 2.45) is 0 Å². The first kappa shape index (κ1) is 13.4. The molecule has 1 saturated carbocycles. The van der Waals surface area contributed by atoms with E-state index in [2.05, 4.69) is 0 Å². The van der Waals surface area contributed by atoms with Gasteiger partial charge in [0.05, 0.1) is 11.3 Å². The summed E-state index contributed by atoms with van der Waals surface area (Å²) in [6, 6.07) is 5.88. The minimum absolute atomic E-state index is 0.0798. The lowest BCUT2D eigenvalue weighted by molar-refractivity contribution is -0.136. The van der Waals surface area contributed by atoms with Crippen LogP contribution in [0.1, 0.15) is 48.8 Å². The SMILES string of the molecule is Cc1cc(CC(=O)O)ccc1C1(Cl)CCCCC1. The summed E-state index contributed by atoms with van der Waals surface area (Å²) in [5, 5.41) is 8.80. The van der Waals surface area contributed by atoms with Crippen LogP contribution in [0.2, 0.25) is 0 Å². The fourth-order valence-corrected chi connectivity index (χ4v) is 3.37.